The lowest BCUT2D eigenvalue weighted by Gasteiger charge is -2.57. The van der Waals surface area contributed by atoms with Crippen molar-refractivity contribution in [2.45, 2.75) is 116 Å². The summed E-state index contributed by atoms with van der Waals surface area (Å²) in [7, 11) is -1.82. The van der Waals surface area contributed by atoms with E-state index in [-0.39, 0.29) is 22.2 Å². The lowest BCUT2D eigenvalue weighted by atomic mass is 9.49. The number of benzene rings is 1. The first-order valence-corrected chi connectivity index (χ1v) is 18.5. The number of non-ortho nitro benzene ring substituents is 1. The van der Waals surface area contributed by atoms with Crippen LogP contribution >= 0.6 is 0 Å². The van der Waals surface area contributed by atoms with Gasteiger partial charge >= 0.3 is 5.97 Å². The van der Waals surface area contributed by atoms with Gasteiger partial charge < -0.3 is 9.16 Å². The maximum Gasteiger partial charge on any atom is 0.338 e. The summed E-state index contributed by atoms with van der Waals surface area (Å²) in [6, 6.07) is 5.70. The highest BCUT2D eigenvalue weighted by Crippen LogP contribution is 2.64. The predicted molar refractivity (Wildman–Crippen MR) is 161 cm³/mol. The van der Waals surface area contributed by atoms with Crippen LogP contribution in [-0.2, 0) is 9.16 Å². The minimum atomic E-state index is -1.82. The largest absolute Gasteiger partial charge is 0.455 e. The van der Waals surface area contributed by atoms with Crippen LogP contribution in [0.25, 0.3) is 0 Å². The van der Waals surface area contributed by atoms with Crippen molar-refractivity contribution in [1.82, 2.24) is 0 Å². The van der Waals surface area contributed by atoms with E-state index in [4.69, 9.17) is 9.16 Å². The number of carbonyl (C=O) groups excluding carboxylic acids is 1. The van der Waals surface area contributed by atoms with E-state index in [1.807, 2.05) is 0 Å². The van der Waals surface area contributed by atoms with Crippen LogP contribution in [0, 0.1) is 45.1 Å². The third-order valence-electron chi connectivity index (χ3n) is 11.8. The molecule has 4 aliphatic carbocycles. The van der Waals surface area contributed by atoms with E-state index in [1.165, 1.54) is 61.9 Å². The Bertz CT molecular complexity index is 1150. The van der Waals surface area contributed by atoms with Crippen molar-refractivity contribution in [3.63, 3.8) is 0 Å². The number of nitro groups is 1. The molecule has 0 aromatic heterocycles. The molecule has 0 radical (unpaired) electrons. The molecular formula is C33H49NO5Si. The summed E-state index contributed by atoms with van der Waals surface area (Å²) in [5, 5.41) is 11.2. The zero-order valence-corrected chi connectivity index (χ0v) is 26.6. The van der Waals surface area contributed by atoms with E-state index in [0.29, 0.717) is 23.5 Å². The second kappa shape index (κ2) is 10.7. The fourth-order valence-corrected chi connectivity index (χ4v) is 10.1. The molecule has 7 heteroatoms. The molecular weight excluding hydrogens is 518 g/mol. The molecule has 6 nitrogen and oxygen atoms in total. The Morgan fingerprint density at radius 1 is 1.10 bits per heavy atom. The third-order valence-corrected chi connectivity index (χ3v) is 16.3. The Hall–Kier alpha value is -1.99. The van der Waals surface area contributed by atoms with Crippen LogP contribution in [0.15, 0.2) is 35.9 Å². The second-order valence-electron chi connectivity index (χ2n) is 14.9. The van der Waals surface area contributed by atoms with E-state index < -0.39 is 19.2 Å². The Balaban J connectivity index is 1.30. The van der Waals surface area contributed by atoms with Crippen molar-refractivity contribution < 1.29 is 18.9 Å². The van der Waals surface area contributed by atoms with Gasteiger partial charge in [0.2, 0.25) is 0 Å². The number of ether oxygens (including phenoxy) is 1. The zero-order chi connectivity index (χ0) is 29.0. The Morgan fingerprint density at radius 2 is 1.80 bits per heavy atom. The molecule has 0 bridgehead atoms. The fourth-order valence-electron chi connectivity index (χ4n) is 8.61. The van der Waals surface area contributed by atoms with Crippen molar-refractivity contribution in [3.05, 3.63) is 51.6 Å². The van der Waals surface area contributed by atoms with Gasteiger partial charge in [-0.25, -0.2) is 4.79 Å². The fraction of sp³-hybridized carbons (Fsp3) is 0.727. The molecule has 40 heavy (non-hydrogen) atoms. The lowest BCUT2D eigenvalue weighted by molar-refractivity contribution is -0.384. The van der Waals surface area contributed by atoms with E-state index >= 15 is 0 Å². The summed E-state index contributed by atoms with van der Waals surface area (Å²) in [4.78, 5) is 23.3. The Labute approximate surface area is 241 Å². The van der Waals surface area contributed by atoms with E-state index in [0.717, 1.165) is 37.0 Å². The Morgan fingerprint density at radius 3 is 2.42 bits per heavy atom. The van der Waals surface area contributed by atoms with Crippen molar-refractivity contribution in [2.75, 3.05) is 0 Å². The molecule has 0 aliphatic heterocycles. The van der Waals surface area contributed by atoms with E-state index in [2.05, 4.69) is 53.8 Å². The number of fused-ring (bicyclic) bond motifs is 5. The first-order valence-electron chi connectivity index (χ1n) is 15.6. The van der Waals surface area contributed by atoms with Crippen LogP contribution in [0.3, 0.4) is 0 Å². The van der Waals surface area contributed by atoms with E-state index in [1.54, 1.807) is 0 Å². The van der Waals surface area contributed by atoms with Gasteiger partial charge in [0.05, 0.1) is 16.6 Å². The molecule has 1 aromatic rings. The smallest absolute Gasteiger partial charge is 0.338 e. The van der Waals surface area contributed by atoms with Gasteiger partial charge in [0.25, 0.3) is 5.69 Å². The van der Waals surface area contributed by atoms with Gasteiger partial charge in [0.1, 0.15) is 6.10 Å². The number of rotatable bonds is 6. The molecule has 0 heterocycles. The highest BCUT2D eigenvalue weighted by Gasteiger charge is 2.59. The standard InChI is InChI=1S/C33H49NO5Si/c1-8-21-19-23-20-25(38-31(35)22-9-11-24(12-10-22)34(36)37)13-14-26(23)27-17-18-33(5)28(30(21)27)15-16-29(33)39-40(6,7)32(2,3)4/h9-12,20-21,25-30H,8,13-19H2,1-7H3/t21-,25-,26+,27-,28+,29+,30-,33+/m1/s1. The molecule has 1 aromatic carbocycles. The van der Waals surface area contributed by atoms with Gasteiger partial charge in [-0.15, -0.1) is 0 Å². The molecule has 5 rings (SSSR count). The highest BCUT2D eigenvalue weighted by atomic mass is 28.4. The van der Waals surface area contributed by atoms with Crippen LogP contribution in [0.2, 0.25) is 18.1 Å². The number of esters is 1. The number of allylic oxidation sites excluding steroid dienone is 1. The van der Waals surface area contributed by atoms with Crippen LogP contribution < -0.4 is 0 Å². The van der Waals surface area contributed by atoms with Crippen molar-refractivity contribution in [2.24, 2.45) is 35.0 Å². The van der Waals surface area contributed by atoms with Gasteiger partial charge in [-0.05, 0) is 116 Å². The number of hydrogen-bond acceptors (Lipinski definition) is 5. The predicted octanol–water partition coefficient (Wildman–Crippen LogP) is 8.72. The molecule has 0 unspecified atom stereocenters. The van der Waals surface area contributed by atoms with Gasteiger partial charge in [0.15, 0.2) is 8.32 Å². The van der Waals surface area contributed by atoms with Crippen LogP contribution in [0.1, 0.15) is 96.3 Å². The summed E-state index contributed by atoms with van der Waals surface area (Å²) in [5.74, 6) is 3.10. The normalized spacial score (nSPS) is 35.7. The quantitative estimate of drug-likeness (QED) is 0.113. The number of carbonyl (C=O) groups is 1. The first kappa shape index (κ1) is 29.5. The maximum absolute atomic E-state index is 12.8. The van der Waals surface area contributed by atoms with Crippen molar-refractivity contribution in [1.29, 1.82) is 0 Å². The summed E-state index contributed by atoms with van der Waals surface area (Å²) < 4.78 is 13.0. The molecule has 3 saturated carbocycles. The van der Waals surface area contributed by atoms with Gasteiger partial charge in [0, 0.05) is 12.1 Å². The minimum absolute atomic E-state index is 0.0229. The van der Waals surface area contributed by atoms with Gasteiger partial charge in [-0.1, -0.05) is 46.6 Å². The average molecular weight is 568 g/mol. The topological polar surface area (TPSA) is 78.7 Å². The molecule has 0 spiro atoms. The number of nitro benzene ring substituents is 1. The maximum atomic E-state index is 12.8. The average Bonchev–Trinajstić information content (AvgIpc) is 3.22. The van der Waals surface area contributed by atoms with Crippen molar-refractivity contribution >= 4 is 20.0 Å². The molecule has 220 valence electrons. The van der Waals surface area contributed by atoms with E-state index in [9.17, 15) is 14.9 Å². The third kappa shape index (κ3) is 5.21. The van der Waals surface area contributed by atoms with Gasteiger partial charge in [-0.3, -0.25) is 10.1 Å². The molecule has 4 aliphatic rings. The summed E-state index contributed by atoms with van der Waals surface area (Å²) in [5.41, 5.74) is 2.13. The molecule has 0 N–H and O–H groups in total. The minimum Gasteiger partial charge on any atom is -0.455 e. The lowest BCUT2D eigenvalue weighted by Crippen LogP contribution is -2.53. The monoisotopic (exact) mass is 567 g/mol. The molecule has 8 atom stereocenters. The second-order valence-corrected chi connectivity index (χ2v) is 19.6. The molecule has 0 amide bonds. The van der Waals surface area contributed by atoms with Crippen LogP contribution in [0.5, 0.6) is 0 Å². The summed E-state index contributed by atoms with van der Waals surface area (Å²) >= 11 is 0. The number of hydrogen-bond donors (Lipinski definition) is 0. The summed E-state index contributed by atoms with van der Waals surface area (Å²) in [6.45, 7) is 16.8. The van der Waals surface area contributed by atoms with Crippen LogP contribution in [0.4, 0.5) is 5.69 Å². The zero-order valence-electron chi connectivity index (χ0n) is 25.6. The van der Waals surface area contributed by atoms with Crippen molar-refractivity contribution in [3.8, 4) is 0 Å². The number of nitrogens with zero attached hydrogens (tertiary/aromatic N) is 1. The Kier molecular flexibility index (Phi) is 7.88. The van der Waals surface area contributed by atoms with Crippen LogP contribution in [-0.4, -0.2) is 31.4 Å². The highest BCUT2D eigenvalue weighted by molar-refractivity contribution is 6.74. The SMILES string of the molecule is CC[C@@H]1CC2=C[C@H](OC(=O)c3ccc([N+](=O)[O-])cc3)CC[C@@H]2[C@H]2CC[C@]3(C)[C@@H](O[Si](C)(C)C(C)(C)C)CC[C@H]3[C@H]12. The molecule has 3 fully saturated rings. The molecule has 0 saturated heterocycles. The van der Waals surface area contributed by atoms with Gasteiger partial charge in [-0.2, -0.15) is 0 Å². The summed E-state index contributed by atoms with van der Waals surface area (Å²) in [6.07, 6.45) is 11.7. The first-order chi connectivity index (χ1) is 18.7.